The summed E-state index contributed by atoms with van der Waals surface area (Å²) in [5.41, 5.74) is 1.41. The van der Waals surface area contributed by atoms with Crippen molar-refractivity contribution in [2.75, 3.05) is 18.1 Å². The summed E-state index contributed by atoms with van der Waals surface area (Å²) in [4.78, 5) is 35.3. The molecule has 1 unspecified atom stereocenters. The molecule has 0 aliphatic rings. The highest BCUT2D eigenvalue weighted by molar-refractivity contribution is 8.76. The first-order valence-corrected chi connectivity index (χ1v) is 11.7. The fourth-order valence-corrected chi connectivity index (χ4v) is 4.39. The first-order valence-electron chi connectivity index (χ1n) is 9.20. The largest absolute Gasteiger partial charge is 0.481 e. The van der Waals surface area contributed by atoms with Crippen molar-refractivity contribution in [1.29, 1.82) is 0 Å². The molecule has 0 fully saturated rings. The topological polar surface area (TPSA) is 95.5 Å². The number of carboxylic acid groups (broad SMARTS) is 1. The fourth-order valence-electron chi connectivity index (χ4n) is 2.51. The van der Waals surface area contributed by atoms with Crippen molar-refractivity contribution in [3.05, 3.63) is 71.8 Å². The average molecular weight is 433 g/mol. The summed E-state index contributed by atoms with van der Waals surface area (Å²) in [6.07, 6.45) is 0.267. The van der Waals surface area contributed by atoms with Gasteiger partial charge in [-0.05, 0) is 17.7 Å². The van der Waals surface area contributed by atoms with Crippen LogP contribution in [0.25, 0.3) is 0 Å². The average Bonchev–Trinajstić information content (AvgIpc) is 2.73. The standard InChI is InChI=1S/C21H24N2O4S2/c24-19(22-12-14-29-28-13-11-20(25)26)15-18(16-7-3-1-4-8-16)23-21(27)17-9-5-2-6-10-17/h1-10,18H,11-15H2,(H,22,24)(H,23,27)(H,25,26). The molecule has 0 bridgehead atoms. The van der Waals surface area contributed by atoms with Crippen LogP contribution in [0.4, 0.5) is 0 Å². The molecule has 0 aromatic heterocycles. The van der Waals surface area contributed by atoms with Crippen LogP contribution in [0.2, 0.25) is 0 Å². The molecular weight excluding hydrogens is 408 g/mol. The van der Waals surface area contributed by atoms with Gasteiger partial charge in [0.05, 0.1) is 18.9 Å². The van der Waals surface area contributed by atoms with Crippen molar-refractivity contribution in [2.24, 2.45) is 0 Å². The van der Waals surface area contributed by atoms with Gasteiger partial charge in [0.1, 0.15) is 0 Å². The van der Waals surface area contributed by atoms with Crippen molar-refractivity contribution >= 4 is 39.4 Å². The highest BCUT2D eigenvalue weighted by atomic mass is 33.1. The van der Waals surface area contributed by atoms with E-state index in [0.717, 1.165) is 5.56 Å². The quantitative estimate of drug-likeness (QED) is 0.351. The van der Waals surface area contributed by atoms with E-state index in [9.17, 15) is 14.4 Å². The Morgan fingerprint density at radius 1 is 0.897 bits per heavy atom. The molecule has 2 rings (SSSR count). The molecule has 0 radical (unpaired) electrons. The second-order valence-corrected chi connectivity index (χ2v) is 8.85. The van der Waals surface area contributed by atoms with Crippen LogP contribution in [0.15, 0.2) is 60.7 Å². The summed E-state index contributed by atoms with van der Waals surface area (Å²) in [6, 6.07) is 17.9. The molecule has 1 atom stereocenters. The Labute approximate surface area is 178 Å². The molecule has 2 amide bonds. The van der Waals surface area contributed by atoms with Crippen LogP contribution >= 0.6 is 21.6 Å². The maximum atomic E-state index is 12.5. The zero-order valence-corrected chi connectivity index (χ0v) is 17.5. The Morgan fingerprint density at radius 2 is 1.52 bits per heavy atom. The predicted octanol–water partition coefficient (Wildman–Crippen LogP) is 3.52. The second kappa shape index (κ2) is 12.9. The minimum absolute atomic E-state index is 0.129. The molecule has 2 aromatic carbocycles. The van der Waals surface area contributed by atoms with E-state index in [1.807, 2.05) is 36.4 Å². The zero-order valence-electron chi connectivity index (χ0n) is 15.9. The van der Waals surface area contributed by atoms with Gasteiger partial charge in [-0.25, -0.2) is 0 Å². The van der Waals surface area contributed by atoms with Crippen molar-refractivity contribution in [1.82, 2.24) is 10.6 Å². The summed E-state index contributed by atoms with van der Waals surface area (Å²) in [6.45, 7) is 0.484. The number of aliphatic carboxylic acids is 1. The molecule has 0 saturated carbocycles. The van der Waals surface area contributed by atoms with E-state index in [1.54, 1.807) is 24.3 Å². The number of carbonyl (C=O) groups excluding carboxylic acids is 2. The molecule has 154 valence electrons. The van der Waals surface area contributed by atoms with Crippen LogP contribution < -0.4 is 10.6 Å². The van der Waals surface area contributed by atoms with Crippen molar-refractivity contribution in [2.45, 2.75) is 18.9 Å². The maximum absolute atomic E-state index is 12.5. The van der Waals surface area contributed by atoms with Crippen molar-refractivity contribution < 1.29 is 19.5 Å². The lowest BCUT2D eigenvalue weighted by Gasteiger charge is -2.19. The van der Waals surface area contributed by atoms with E-state index in [-0.39, 0.29) is 24.7 Å². The molecule has 0 aliphatic carbocycles. The molecular formula is C21H24N2O4S2. The van der Waals surface area contributed by atoms with E-state index in [4.69, 9.17) is 5.11 Å². The summed E-state index contributed by atoms with van der Waals surface area (Å²) in [5, 5.41) is 14.4. The molecule has 8 heteroatoms. The Bertz CT molecular complexity index is 788. The van der Waals surface area contributed by atoms with Crippen LogP contribution in [0.5, 0.6) is 0 Å². The highest BCUT2D eigenvalue weighted by Gasteiger charge is 2.19. The third kappa shape index (κ3) is 9.06. The Hall–Kier alpha value is -2.45. The number of nitrogens with one attached hydrogen (secondary N) is 2. The van der Waals surface area contributed by atoms with Gasteiger partial charge in [0.25, 0.3) is 5.91 Å². The molecule has 0 heterocycles. The lowest BCUT2D eigenvalue weighted by Crippen LogP contribution is -2.34. The number of carboxylic acids is 1. The monoisotopic (exact) mass is 432 g/mol. The lowest BCUT2D eigenvalue weighted by molar-refractivity contribution is -0.136. The van der Waals surface area contributed by atoms with Crippen LogP contribution in [-0.2, 0) is 9.59 Å². The SMILES string of the molecule is O=C(O)CCSSCCNC(=O)CC(NC(=O)c1ccccc1)c1ccccc1. The first kappa shape index (κ1) is 22.8. The van der Waals surface area contributed by atoms with Crippen LogP contribution in [-0.4, -0.2) is 40.9 Å². The Balaban J connectivity index is 1.83. The number of hydrogen-bond donors (Lipinski definition) is 3. The van der Waals surface area contributed by atoms with E-state index in [0.29, 0.717) is 23.6 Å². The fraction of sp³-hybridized carbons (Fsp3) is 0.286. The highest BCUT2D eigenvalue weighted by Crippen LogP contribution is 2.21. The van der Waals surface area contributed by atoms with Gasteiger partial charge in [-0.15, -0.1) is 0 Å². The molecule has 3 N–H and O–H groups in total. The summed E-state index contributed by atoms with van der Waals surface area (Å²) < 4.78 is 0. The van der Waals surface area contributed by atoms with E-state index in [1.165, 1.54) is 21.6 Å². The van der Waals surface area contributed by atoms with Crippen LogP contribution in [0, 0.1) is 0 Å². The Kier molecular flexibility index (Phi) is 10.2. The van der Waals surface area contributed by atoms with Crippen LogP contribution in [0.1, 0.15) is 34.8 Å². The minimum Gasteiger partial charge on any atom is -0.481 e. The third-order valence-electron chi connectivity index (χ3n) is 3.92. The molecule has 0 aliphatic heterocycles. The number of rotatable bonds is 12. The number of hydrogen-bond acceptors (Lipinski definition) is 5. The molecule has 0 saturated heterocycles. The van der Waals surface area contributed by atoms with Gasteiger partial charge in [-0.1, -0.05) is 70.1 Å². The first-order chi connectivity index (χ1) is 14.1. The maximum Gasteiger partial charge on any atom is 0.304 e. The number of carbonyl (C=O) groups is 3. The van der Waals surface area contributed by atoms with E-state index in [2.05, 4.69) is 10.6 Å². The molecule has 6 nitrogen and oxygen atoms in total. The van der Waals surface area contributed by atoms with Gasteiger partial charge in [0.2, 0.25) is 5.91 Å². The van der Waals surface area contributed by atoms with Gasteiger partial charge in [-0.2, -0.15) is 0 Å². The molecule has 2 aromatic rings. The molecule has 29 heavy (non-hydrogen) atoms. The smallest absolute Gasteiger partial charge is 0.304 e. The molecule has 0 spiro atoms. The van der Waals surface area contributed by atoms with Crippen LogP contribution in [0.3, 0.4) is 0 Å². The summed E-state index contributed by atoms with van der Waals surface area (Å²) in [7, 11) is 3.01. The second-order valence-electron chi connectivity index (χ2n) is 6.14. The van der Waals surface area contributed by atoms with Gasteiger partial charge >= 0.3 is 5.97 Å². The zero-order chi connectivity index (χ0) is 20.9. The van der Waals surface area contributed by atoms with E-state index < -0.39 is 12.0 Å². The predicted molar refractivity (Wildman–Crippen MR) is 118 cm³/mol. The summed E-state index contributed by atoms with van der Waals surface area (Å²) in [5.74, 6) is 0.0368. The van der Waals surface area contributed by atoms with Gasteiger partial charge in [-0.3, -0.25) is 14.4 Å². The van der Waals surface area contributed by atoms with Gasteiger partial charge < -0.3 is 15.7 Å². The number of amides is 2. The van der Waals surface area contributed by atoms with Gasteiger partial charge in [0.15, 0.2) is 0 Å². The van der Waals surface area contributed by atoms with Gasteiger partial charge in [0, 0.05) is 23.6 Å². The normalized spacial score (nSPS) is 11.4. The Morgan fingerprint density at radius 3 is 2.17 bits per heavy atom. The minimum atomic E-state index is -0.809. The van der Waals surface area contributed by atoms with Crippen molar-refractivity contribution in [3.8, 4) is 0 Å². The summed E-state index contributed by atoms with van der Waals surface area (Å²) >= 11 is 0. The lowest BCUT2D eigenvalue weighted by atomic mass is 10.0. The van der Waals surface area contributed by atoms with Crippen molar-refractivity contribution in [3.63, 3.8) is 0 Å². The van der Waals surface area contributed by atoms with E-state index >= 15 is 0 Å². The number of benzene rings is 2. The third-order valence-corrected chi connectivity index (χ3v) is 6.33.